The fourth-order valence-electron chi connectivity index (χ4n) is 8.53. The quantitative estimate of drug-likeness (QED) is 0.357. The fraction of sp³-hybridized carbons (Fsp3) is 0.548. The summed E-state index contributed by atoms with van der Waals surface area (Å²) < 4.78 is 34.6. The van der Waals surface area contributed by atoms with Gasteiger partial charge in [0.1, 0.15) is 54.0 Å². The van der Waals surface area contributed by atoms with Gasteiger partial charge in [0.15, 0.2) is 0 Å². The van der Waals surface area contributed by atoms with E-state index in [0.29, 0.717) is 37.3 Å². The summed E-state index contributed by atoms with van der Waals surface area (Å²) >= 11 is 0. The van der Waals surface area contributed by atoms with Gasteiger partial charge in [-0.25, -0.2) is 13.6 Å². The molecular weight excluding hydrogens is 754 g/mol. The van der Waals surface area contributed by atoms with Crippen LogP contribution in [0.4, 0.5) is 8.78 Å². The molecule has 2 aromatic carbocycles. The Kier molecular flexibility index (Phi) is 13.1. The van der Waals surface area contributed by atoms with E-state index in [0.717, 1.165) is 17.7 Å². The third kappa shape index (κ3) is 9.64. The van der Waals surface area contributed by atoms with E-state index in [-0.39, 0.29) is 56.8 Å². The summed E-state index contributed by atoms with van der Waals surface area (Å²) in [6.45, 7) is 7.31. The van der Waals surface area contributed by atoms with E-state index in [1.165, 1.54) is 28.5 Å². The topological polar surface area (TPSA) is 175 Å². The molecule has 3 N–H and O–H groups in total. The van der Waals surface area contributed by atoms with Crippen LogP contribution in [0.15, 0.2) is 42.5 Å². The second kappa shape index (κ2) is 18.0. The van der Waals surface area contributed by atoms with Crippen LogP contribution in [0.2, 0.25) is 0 Å². The van der Waals surface area contributed by atoms with E-state index in [4.69, 9.17) is 4.74 Å². The summed E-state index contributed by atoms with van der Waals surface area (Å²) in [5, 5.41) is 8.08. The minimum absolute atomic E-state index is 0.0525. The molecule has 4 fully saturated rings. The lowest BCUT2D eigenvalue weighted by Gasteiger charge is -2.39. The largest absolute Gasteiger partial charge is 0.458 e. The summed E-state index contributed by atoms with van der Waals surface area (Å²) in [7, 11) is 0. The van der Waals surface area contributed by atoms with Crippen LogP contribution in [0.1, 0.15) is 76.0 Å². The Bertz CT molecular complexity index is 1910. The molecule has 312 valence electrons. The molecule has 4 aliphatic heterocycles. The maximum Gasteiger partial charge on any atom is 0.329 e. The van der Waals surface area contributed by atoms with Gasteiger partial charge in [0.2, 0.25) is 35.4 Å². The van der Waals surface area contributed by atoms with Crippen LogP contribution >= 0.6 is 0 Å². The van der Waals surface area contributed by atoms with Gasteiger partial charge in [-0.2, -0.15) is 0 Å². The molecule has 0 bridgehead atoms. The Balaban J connectivity index is 1.34. The summed E-state index contributed by atoms with van der Waals surface area (Å²) in [6.07, 6.45) is 0.782. The third-order valence-electron chi connectivity index (χ3n) is 11.5. The first-order valence-corrected chi connectivity index (χ1v) is 20.1. The number of piperidine rings is 1. The highest BCUT2D eigenvalue weighted by molar-refractivity contribution is 5.98. The van der Waals surface area contributed by atoms with E-state index < -0.39 is 95.4 Å². The maximum atomic E-state index is 14.7. The van der Waals surface area contributed by atoms with Crippen molar-refractivity contribution in [1.29, 1.82) is 0 Å². The number of esters is 1. The molecule has 0 spiro atoms. The smallest absolute Gasteiger partial charge is 0.329 e. The lowest BCUT2D eigenvalue weighted by Crippen LogP contribution is -2.63. The monoisotopic (exact) mass is 806 g/mol. The zero-order chi connectivity index (χ0) is 41.8. The molecule has 16 heteroatoms. The maximum absolute atomic E-state index is 14.7. The van der Waals surface area contributed by atoms with Crippen molar-refractivity contribution in [3.63, 3.8) is 0 Å². The molecule has 0 aromatic heterocycles. The van der Waals surface area contributed by atoms with Crippen molar-refractivity contribution in [2.75, 3.05) is 19.6 Å². The number of hydrogen-bond acceptors (Lipinski definition) is 8. The highest BCUT2D eigenvalue weighted by Gasteiger charge is 2.47. The van der Waals surface area contributed by atoms with Crippen LogP contribution in [0, 0.1) is 24.5 Å². The normalized spacial score (nSPS) is 27.6. The summed E-state index contributed by atoms with van der Waals surface area (Å²) in [6, 6.07) is 2.90. The SMILES string of the molecule is Cc1ccc(CC(=O)N[C@@H](Cc2cc(F)cc(F)c2)C(=O)N[C@@H]2C(=O)N3CCCC3C(=O)N3CCCCC3C(=O)N[C@@H](C)C(=O)N3C[C@H](C)CC3C(=O)O[C@H]2C)cc1. The molecule has 0 aliphatic carbocycles. The van der Waals surface area contributed by atoms with Crippen LogP contribution < -0.4 is 16.0 Å². The molecule has 2 aromatic rings. The van der Waals surface area contributed by atoms with Gasteiger partial charge in [-0.3, -0.25) is 28.8 Å². The number of fused-ring (bicyclic) bond motifs is 3. The van der Waals surface area contributed by atoms with Crippen molar-refractivity contribution in [2.24, 2.45) is 5.92 Å². The van der Waals surface area contributed by atoms with E-state index in [9.17, 15) is 42.3 Å². The lowest BCUT2D eigenvalue weighted by molar-refractivity contribution is -0.163. The van der Waals surface area contributed by atoms with Crippen molar-refractivity contribution in [1.82, 2.24) is 30.7 Å². The number of carbonyl (C=O) groups excluding carboxylic acids is 7. The number of rotatable bonds is 7. The van der Waals surface area contributed by atoms with Crippen molar-refractivity contribution in [3.05, 3.63) is 70.8 Å². The van der Waals surface area contributed by atoms with Crippen LogP contribution in [0.25, 0.3) is 0 Å². The number of aryl methyl sites for hydroxylation is 1. The molecule has 8 atom stereocenters. The van der Waals surface area contributed by atoms with Crippen LogP contribution in [0.3, 0.4) is 0 Å². The Labute approximate surface area is 336 Å². The molecule has 4 saturated heterocycles. The molecule has 0 radical (unpaired) electrons. The van der Waals surface area contributed by atoms with Gasteiger partial charge < -0.3 is 35.4 Å². The predicted molar refractivity (Wildman–Crippen MR) is 205 cm³/mol. The molecule has 6 amide bonds. The van der Waals surface area contributed by atoms with Crippen molar-refractivity contribution < 1.29 is 47.1 Å². The van der Waals surface area contributed by atoms with Gasteiger partial charge in [-0.15, -0.1) is 0 Å². The Hall–Kier alpha value is -5.41. The first-order chi connectivity index (χ1) is 27.6. The minimum atomic E-state index is -1.60. The second-order valence-electron chi connectivity index (χ2n) is 16.2. The van der Waals surface area contributed by atoms with E-state index in [1.54, 1.807) is 12.1 Å². The third-order valence-corrected chi connectivity index (χ3v) is 11.5. The van der Waals surface area contributed by atoms with Crippen molar-refractivity contribution in [2.45, 2.75) is 121 Å². The molecule has 3 unspecified atom stereocenters. The van der Waals surface area contributed by atoms with E-state index >= 15 is 0 Å². The average molecular weight is 807 g/mol. The number of halogens is 2. The lowest BCUT2D eigenvalue weighted by atomic mass is 9.99. The standard InChI is InChI=1S/C42H52F2N6O8/c1-23-10-12-27(13-11-23)20-35(51)46-31(19-28-17-29(43)21-30(44)18-28)37(52)47-36-26(4)58-42(57)34-16-24(2)22-50(34)39(54)25(3)45-38(53)32-8-5-6-14-48(32)40(55)33-9-7-15-49(33)41(36)56/h10-13,17-18,21,24-26,31-34,36H,5-9,14-16,19-20,22H2,1-4H3,(H,45,53)(H,46,51)(H,47,52)/t24-,25+,26+,31+,32?,33?,34?,36+/m1/s1. The fourth-order valence-corrected chi connectivity index (χ4v) is 8.53. The zero-order valence-electron chi connectivity index (χ0n) is 33.3. The summed E-state index contributed by atoms with van der Waals surface area (Å²) in [5.41, 5.74) is 1.67. The second-order valence-corrected chi connectivity index (χ2v) is 16.2. The number of nitrogens with one attached hydrogen (secondary N) is 3. The molecular formula is C42H52F2N6O8. The number of ether oxygens (including phenoxy) is 1. The Morgan fingerprint density at radius 2 is 1.47 bits per heavy atom. The Morgan fingerprint density at radius 1 is 0.810 bits per heavy atom. The number of cyclic esters (lactones) is 1. The molecule has 58 heavy (non-hydrogen) atoms. The Morgan fingerprint density at radius 3 is 2.17 bits per heavy atom. The molecule has 0 saturated carbocycles. The zero-order valence-corrected chi connectivity index (χ0v) is 33.3. The van der Waals surface area contributed by atoms with Crippen LogP contribution in [-0.2, 0) is 51.1 Å². The number of hydrogen-bond donors (Lipinski definition) is 3. The van der Waals surface area contributed by atoms with Crippen molar-refractivity contribution >= 4 is 41.4 Å². The molecule has 4 aliphatic rings. The number of amides is 6. The molecule has 14 nitrogen and oxygen atoms in total. The minimum Gasteiger partial charge on any atom is -0.458 e. The van der Waals surface area contributed by atoms with E-state index in [1.807, 2.05) is 26.0 Å². The number of carbonyl (C=O) groups is 7. The first-order valence-electron chi connectivity index (χ1n) is 20.1. The first kappa shape index (κ1) is 42.2. The van der Waals surface area contributed by atoms with Gasteiger partial charge in [0.25, 0.3) is 0 Å². The molecule has 4 heterocycles. The predicted octanol–water partition coefficient (Wildman–Crippen LogP) is 2.09. The van der Waals surface area contributed by atoms with Gasteiger partial charge >= 0.3 is 5.97 Å². The van der Waals surface area contributed by atoms with Gasteiger partial charge in [0.05, 0.1) is 6.42 Å². The number of benzene rings is 2. The van der Waals surface area contributed by atoms with Crippen LogP contribution in [0.5, 0.6) is 0 Å². The summed E-state index contributed by atoms with van der Waals surface area (Å²) in [4.78, 5) is 102. The highest BCUT2D eigenvalue weighted by atomic mass is 19.1. The van der Waals surface area contributed by atoms with Crippen LogP contribution in [-0.4, -0.2) is 118 Å². The average Bonchev–Trinajstić information content (AvgIpc) is 3.83. The number of nitrogens with zero attached hydrogens (tertiary/aromatic N) is 3. The van der Waals surface area contributed by atoms with E-state index in [2.05, 4.69) is 16.0 Å². The van der Waals surface area contributed by atoms with Gasteiger partial charge in [0, 0.05) is 32.1 Å². The van der Waals surface area contributed by atoms with Gasteiger partial charge in [-0.1, -0.05) is 36.8 Å². The highest BCUT2D eigenvalue weighted by Crippen LogP contribution is 2.29. The van der Waals surface area contributed by atoms with Crippen molar-refractivity contribution in [3.8, 4) is 0 Å². The summed E-state index contributed by atoms with van der Waals surface area (Å²) in [5.74, 6) is -6.40. The molecule has 6 rings (SSSR count). The van der Waals surface area contributed by atoms with Gasteiger partial charge in [-0.05, 0) is 88.5 Å².